The standard InChI is InChI=1S/C56H58N2O10/c1-29-33(25-45(61)65-41-13-9-35-23-43-55(63)17-15-39(59)51-53(55,47(35)49(41)67-51)19-21-57(43)27-31-3-4-31)7-12-38-30(2)34(8-11-37(29)38)26-46(62)66-42-14-10-36-24-44-56(64)18-16-40(60)52-54(56,48(36)50(42)68-52)20-22-58(44)28-32-5-6-32/h7-14,31-32,43-44,51-52,63-64H,3-6,15-28H2,1-2H3/t43-,44-,51+,52+,53+,54+,55-,56-/m1/s1. The van der Waals surface area contributed by atoms with Crippen molar-refractivity contribution in [1.82, 2.24) is 9.80 Å². The summed E-state index contributed by atoms with van der Waals surface area (Å²) in [6.07, 6.45) is 7.32. The van der Waals surface area contributed by atoms with Gasteiger partial charge in [-0.3, -0.25) is 29.0 Å². The molecule has 4 aliphatic heterocycles. The lowest BCUT2D eigenvalue weighted by Crippen LogP contribution is -2.76. The second-order valence-corrected chi connectivity index (χ2v) is 22.5. The third kappa shape index (κ3) is 5.51. The number of benzene rings is 4. The molecule has 0 radical (unpaired) electrons. The first-order valence-corrected chi connectivity index (χ1v) is 25.4. The second-order valence-electron chi connectivity index (χ2n) is 22.5. The van der Waals surface area contributed by atoms with E-state index in [0.29, 0.717) is 73.4 Å². The lowest BCUT2D eigenvalue weighted by Gasteiger charge is -2.62. The number of piperidine rings is 2. The van der Waals surface area contributed by atoms with Crippen LogP contribution < -0.4 is 18.9 Å². The Morgan fingerprint density at radius 3 is 1.46 bits per heavy atom. The molecule has 4 aromatic carbocycles. The first-order chi connectivity index (χ1) is 32.8. The summed E-state index contributed by atoms with van der Waals surface area (Å²) in [5, 5.41) is 27.3. The van der Waals surface area contributed by atoms with Crippen LogP contribution in [0, 0.1) is 25.7 Å². The van der Waals surface area contributed by atoms with Gasteiger partial charge in [0.05, 0.1) is 34.9 Å². The van der Waals surface area contributed by atoms with Gasteiger partial charge in [0.2, 0.25) is 0 Å². The van der Waals surface area contributed by atoms with Crippen LogP contribution in [0.5, 0.6) is 23.0 Å². The van der Waals surface area contributed by atoms with Crippen LogP contribution in [0.4, 0.5) is 0 Å². The Morgan fingerprint density at radius 2 is 1.04 bits per heavy atom. The van der Waals surface area contributed by atoms with Crippen LogP contribution in [0.1, 0.15) is 109 Å². The molecule has 2 N–H and O–H groups in total. The van der Waals surface area contributed by atoms with Crippen molar-refractivity contribution in [2.45, 2.75) is 150 Å². The van der Waals surface area contributed by atoms with E-state index >= 15 is 0 Å². The molecule has 4 aromatic rings. The summed E-state index contributed by atoms with van der Waals surface area (Å²) in [6.45, 7) is 7.54. The highest BCUT2D eigenvalue weighted by molar-refractivity contribution is 5.94. The number of ketones is 2. The van der Waals surface area contributed by atoms with Gasteiger partial charge in [0.15, 0.2) is 46.8 Å². The number of hydrogen-bond donors (Lipinski definition) is 2. The van der Waals surface area contributed by atoms with Gasteiger partial charge in [0.25, 0.3) is 0 Å². The molecule has 8 atom stereocenters. The van der Waals surface area contributed by atoms with Gasteiger partial charge >= 0.3 is 11.9 Å². The van der Waals surface area contributed by atoms with Crippen molar-refractivity contribution < 1.29 is 48.3 Å². The van der Waals surface area contributed by atoms with E-state index in [9.17, 15) is 29.4 Å². The average Bonchev–Trinajstić information content (AvgIpc) is 4.25. The topological polar surface area (TPSA) is 152 Å². The normalized spacial score (nSPS) is 33.7. The number of Topliss-reactive ketones (excluding diaryl/α,β-unsaturated/α-hetero) is 2. The molecular formula is C56H58N2O10. The number of likely N-dealkylation sites (tertiary alicyclic amines) is 2. The molecule has 0 unspecified atom stereocenters. The van der Waals surface area contributed by atoms with Gasteiger partial charge in [-0.2, -0.15) is 0 Å². The van der Waals surface area contributed by atoms with Crippen molar-refractivity contribution in [2.24, 2.45) is 11.8 Å². The maximum atomic E-state index is 13.9. The summed E-state index contributed by atoms with van der Waals surface area (Å²) in [5.74, 6) is 1.92. The summed E-state index contributed by atoms with van der Waals surface area (Å²) in [5.41, 5.74) is 3.44. The molecule has 10 aliphatic rings. The fraction of sp³-hybridized carbons (Fsp3) is 0.536. The highest BCUT2D eigenvalue weighted by atomic mass is 16.6. The number of hydrogen-bond acceptors (Lipinski definition) is 12. The Bertz CT molecular complexity index is 2760. The van der Waals surface area contributed by atoms with Crippen LogP contribution >= 0.6 is 0 Å². The van der Waals surface area contributed by atoms with Crippen LogP contribution in [0.2, 0.25) is 0 Å². The fourth-order valence-electron chi connectivity index (χ4n) is 15.5. The van der Waals surface area contributed by atoms with Gasteiger partial charge in [0.1, 0.15) is 0 Å². The monoisotopic (exact) mass is 918 g/mol. The van der Waals surface area contributed by atoms with E-state index in [1.54, 1.807) is 12.1 Å². The van der Waals surface area contributed by atoms with Gasteiger partial charge in [0, 0.05) is 49.1 Å². The zero-order valence-electron chi connectivity index (χ0n) is 38.9. The van der Waals surface area contributed by atoms with E-state index in [1.807, 2.05) is 50.2 Å². The summed E-state index contributed by atoms with van der Waals surface area (Å²) in [6, 6.07) is 15.3. The molecule has 68 heavy (non-hydrogen) atoms. The van der Waals surface area contributed by atoms with Crippen LogP contribution in [0.3, 0.4) is 0 Å². The van der Waals surface area contributed by atoms with Gasteiger partial charge in [-0.1, -0.05) is 36.4 Å². The minimum atomic E-state index is -1.10. The van der Waals surface area contributed by atoms with Crippen LogP contribution in [0.15, 0.2) is 48.5 Å². The van der Waals surface area contributed by atoms with Crippen LogP contribution in [-0.4, -0.2) is 105 Å². The van der Waals surface area contributed by atoms with E-state index in [1.165, 1.54) is 25.7 Å². The third-order valence-electron chi connectivity index (χ3n) is 19.2. The van der Waals surface area contributed by atoms with Crippen molar-refractivity contribution in [3.8, 4) is 23.0 Å². The number of ether oxygens (including phenoxy) is 4. The molecule has 4 saturated carbocycles. The predicted molar refractivity (Wildman–Crippen MR) is 248 cm³/mol. The largest absolute Gasteiger partial charge is 0.477 e. The Kier molecular flexibility index (Phi) is 8.75. The number of carbonyl (C=O) groups is 4. The molecule has 12 heteroatoms. The van der Waals surface area contributed by atoms with E-state index in [-0.39, 0.29) is 49.3 Å². The molecular weight excluding hydrogens is 861 g/mol. The Labute approximate surface area is 395 Å². The number of esters is 2. The van der Waals surface area contributed by atoms with Gasteiger partial charge in [-0.25, -0.2) is 0 Å². The van der Waals surface area contributed by atoms with Crippen molar-refractivity contribution >= 4 is 34.3 Å². The number of nitrogens with zero attached hydrogens (tertiary/aromatic N) is 2. The molecule has 352 valence electrons. The predicted octanol–water partition coefficient (Wildman–Crippen LogP) is 6.02. The zero-order valence-corrected chi connectivity index (χ0v) is 38.9. The van der Waals surface area contributed by atoms with E-state index in [4.69, 9.17) is 18.9 Å². The molecule has 14 rings (SSSR count). The molecule has 0 amide bonds. The molecule has 2 spiro atoms. The number of carbonyl (C=O) groups excluding carboxylic acids is 4. The Morgan fingerprint density at radius 1 is 0.618 bits per heavy atom. The summed E-state index contributed by atoms with van der Waals surface area (Å²) in [7, 11) is 0. The summed E-state index contributed by atoms with van der Waals surface area (Å²) >= 11 is 0. The first kappa shape index (κ1) is 41.8. The SMILES string of the molecule is Cc1c(CC(=O)Oc2ccc3c4c2O[C@H]2C(=O)CC[C@@]5(O)[C@@H](C3)N(CC3CC3)CC[C@]425)ccc2c(C)c(CC(=O)Oc3ccc4c5c3O[C@H]3C(=O)CC[C@@]6(O)[C@@H](C4)N(CC4CC4)CC[C@]536)ccc12. The quantitative estimate of drug-likeness (QED) is 0.142. The molecule has 2 saturated heterocycles. The van der Waals surface area contributed by atoms with E-state index in [2.05, 4.69) is 9.80 Å². The lowest BCUT2D eigenvalue weighted by atomic mass is 9.49. The Balaban J connectivity index is 0.696. The first-order valence-electron chi connectivity index (χ1n) is 25.4. The van der Waals surface area contributed by atoms with Crippen molar-refractivity contribution in [1.29, 1.82) is 0 Å². The molecule has 12 nitrogen and oxygen atoms in total. The van der Waals surface area contributed by atoms with Gasteiger partial charge in [-0.15, -0.1) is 0 Å². The number of aliphatic hydroxyl groups is 2. The number of fused-ring (bicyclic) bond motifs is 1. The average molecular weight is 919 g/mol. The lowest BCUT2D eigenvalue weighted by molar-refractivity contribution is -0.188. The highest BCUT2D eigenvalue weighted by Gasteiger charge is 2.75. The molecule has 4 bridgehead atoms. The molecule has 6 aliphatic carbocycles. The van der Waals surface area contributed by atoms with E-state index in [0.717, 1.165) is 81.5 Å². The van der Waals surface area contributed by atoms with Crippen molar-refractivity contribution in [3.63, 3.8) is 0 Å². The van der Waals surface area contributed by atoms with Crippen LogP contribution in [0.25, 0.3) is 10.8 Å². The highest BCUT2D eigenvalue weighted by Crippen LogP contribution is 2.67. The number of rotatable bonds is 10. The smallest absolute Gasteiger partial charge is 0.315 e. The second kappa shape index (κ2) is 14.2. The maximum Gasteiger partial charge on any atom is 0.315 e. The van der Waals surface area contributed by atoms with Gasteiger partial charge < -0.3 is 29.2 Å². The molecule has 6 fully saturated rings. The van der Waals surface area contributed by atoms with Crippen molar-refractivity contribution in [2.75, 3.05) is 26.2 Å². The third-order valence-corrected chi connectivity index (χ3v) is 19.2. The fourth-order valence-corrected chi connectivity index (χ4v) is 15.5. The molecule has 4 heterocycles. The summed E-state index contributed by atoms with van der Waals surface area (Å²) in [4.78, 5) is 59.8. The van der Waals surface area contributed by atoms with Crippen LogP contribution in [-0.2, 0) is 55.7 Å². The van der Waals surface area contributed by atoms with Gasteiger partial charge in [-0.05, 0) is 159 Å². The zero-order chi connectivity index (χ0) is 46.2. The number of aryl methyl sites for hydroxylation is 2. The summed E-state index contributed by atoms with van der Waals surface area (Å²) < 4.78 is 25.4. The minimum absolute atomic E-state index is 0.00245. The maximum absolute atomic E-state index is 13.9. The Hall–Kier alpha value is -5.14. The molecule has 0 aromatic heterocycles. The van der Waals surface area contributed by atoms with E-state index < -0.39 is 46.2 Å². The minimum Gasteiger partial charge on any atom is -0.477 e. The van der Waals surface area contributed by atoms with Crippen molar-refractivity contribution in [3.05, 3.63) is 93.0 Å².